The Labute approximate surface area is 128 Å². The molecule has 22 heavy (non-hydrogen) atoms. The lowest BCUT2D eigenvalue weighted by molar-refractivity contribution is 0.0580. The first kappa shape index (κ1) is 16.7. The zero-order chi connectivity index (χ0) is 16.1. The molecular formula is C16H21F2NO3. The van der Waals surface area contributed by atoms with Gasteiger partial charge in [-0.3, -0.25) is 4.79 Å². The predicted molar refractivity (Wildman–Crippen MR) is 77.9 cm³/mol. The van der Waals surface area contributed by atoms with Gasteiger partial charge in [0.05, 0.1) is 7.11 Å². The van der Waals surface area contributed by atoms with Crippen LogP contribution in [-0.2, 0) is 0 Å². The Morgan fingerprint density at radius 3 is 2.64 bits per heavy atom. The number of aliphatic hydroxyl groups is 1. The van der Waals surface area contributed by atoms with Crippen LogP contribution in [0.25, 0.3) is 0 Å². The Balaban J connectivity index is 2.25. The largest absolute Gasteiger partial charge is 0.497 e. The molecule has 1 heterocycles. The van der Waals surface area contributed by atoms with Crippen LogP contribution in [0.2, 0.25) is 0 Å². The van der Waals surface area contributed by atoms with Crippen molar-refractivity contribution in [3.8, 4) is 5.75 Å². The number of hydrogen-bond acceptors (Lipinski definition) is 3. The second kappa shape index (κ2) is 7.54. The van der Waals surface area contributed by atoms with E-state index < -0.39 is 23.1 Å². The van der Waals surface area contributed by atoms with E-state index in [0.29, 0.717) is 19.4 Å². The normalized spacial score (nSPS) is 18.4. The van der Waals surface area contributed by atoms with Crippen molar-refractivity contribution in [3.63, 3.8) is 0 Å². The molecule has 0 bridgehead atoms. The summed E-state index contributed by atoms with van der Waals surface area (Å²) < 4.78 is 32.9. The number of piperidine rings is 1. The fraction of sp³-hybridized carbons (Fsp3) is 0.562. The van der Waals surface area contributed by atoms with Crippen LogP contribution in [0.3, 0.4) is 0 Å². The monoisotopic (exact) mass is 313 g/mol. The number of carbonyl (C=O) groups excluding carboxylic acids is 1. The molecule has 0 aromatic heterocycles. The van der Waals surface area contributed by atoms with E-state index >= 15 is 0 Å². The van der Waals surface area contributed by atoms with E-state index in [0.717, 1.165) is 31.4 Å². The maximum atomic E-state index is 14.1. The van der Waals surface area contributed by atoms with Gasteiger partial charge >= 0.3 is 0 Å². The quantitative estimate of drug-likeness (QED) is 0.909. The van der Waals surface area contributed by atoms with E-state index in [1.165, 1.54) is 12.0 Å². The summed E-state index contributed by atoms with van der Waals surface area (Å²) >= 11 is 0. The van der Waals surface area contributed by atoms with Crippen LogP contribution >= 0.6 is 0 Å². The van der Waals surface area contributed by atoms with Crippen molar-refractivity contribution in [2.24, 2.45) is 0 Å². The smallest absolute Gasteiger partial charge is 0.260 e. The summed E-state index contributed by atoms with van der Waals surface area (Å²) in [6.45, 7) is 0.531. The van der Waals surface area contributed by atoms with Gasteiger partial charge in [-0.2, -0.15) is 0 Å². The molecule has 1 N–H and O–H groups in total. The van der Waals surface area contributed by atoms with E-state index in [2.05, 4.69) is 0 Å². The van der Waals surface area contributed by atoms with Crippen LogP contribution in [0.4, 0.5) is 8.78 Å². The topological polar surface area (TPSA) is 49.8 Å². The number of methoxy groups -OCH3 is 1. The van der Waals surface area contributed by atoms with E-state index in [1.807, 2.05) is 0 Å². The van der Waals surface area contributed by atoms with Gasteiger partial charge in [0.25, 0.3) is 5.91 Å². The summed E-state index contributed by atoms with van der Waals surface area (Å²) in [5, 5.41) is 8.95. The fourth-order valence-corrected chi connectivity index (χ4v) is 2.91. The molecule has 1 amide bonds. The molecule has 0 aliphatic carbocycles. The van der Waals surface area contributed by atoms with Crippen LogP contribution in [0, 0.1) is 11.6 Å². The predicted octanol–water partition coefficient (Wildman–Crippen LogP) is 2.74. The summed E-state index contributed by atoms with van der Waals surface area (Å²) in [7, 11) is 1.31. The Morgan fingerprint density at radius 2 is 2.05 bits per heavy atom. The van der Waals surface area contributed by atoms with Crippen molar-refractivity contribution in [2.45, 2.75) is 38.1 Å². The number of ether oxygens (including phenoxy) is 1. The highest BCUT2D eigenvalue weighted by atomic mass is 19.1. The summed E-state index contributed by atoms with van der Waals surface area (Å²) in [5.74, 6) is -2.40. The van der Waals surface area contributed by atoms with Gasteiger partial charge in [0, 0.05) is 31.3 Å². The van der Waals surface area contributed by atoms with Gasteiger partial charge in [0.15, 0.2) is 0 Å². The molecule has 122 valence electrons. The molecule has 1 saturated heterocycles. The lowest BCUT2D eigenvalue weighted by Gasteiger charge is -2.36. The molecular weight excluding hydrogens is 292 g/mol. The lowest BCUT2D eigenvalue weighted by Crippen LogP contribution is -2.44. The number of likely N-dealkylation sites (tertiary alicyclic amines) is 1. The highest BCUT2D eigenvalue weighted by Crippen LogP contribution is 2.27. The zero-order valence-electron chi connectivity index (χ0n) is 12.6. The molecule has 2 rings (SSSR count). The minimum Gasteiger partial charge on any atom is -0.497 e. The van der Waals surface area contributed by atoms with Crippen LogP contribution in [0.15, 0.2) is 12.1 Å². The first-order chi connectivity index (χ1) is 10.6. The van der Waals surface area contributed by atoms with Gasteiger partial charge in [0.1, 0.15) is 22.9 Å². The molecule has 1 aromatic carbocycles. The molecule has 1 atom stereocenters. The van der Waals surface area contributed by atoms with E-state index in [1.54, 1.807) is 0 Å². The number of nitrogens with zero attached hydrogens (tertiary/aromatic N) is 1. The Hall–Kier alpha value is -1.69. The molecule has 6 heteroatoms. The number of amides is 1. The molecule has 0 spiro atoms. The van der Waals surface area contributed by atoms with Crippen molar-refractivity contribution in [3.05, 3.63) is 29.3 Å². The first-order valence-electron chi connectivity index (χ1n) is 7.53. The molecule has 1 aliphatic rings. The van der Waals surface area contributed by atoms with Gasteiger partial charge in [0.2, 0.25) is 0 Å². The van der Waals surface area contributed by atoms with Gasteiger partial charge in [-0.05, 0) is 32.1 Å². The molecule has 1 aromatic rings. The number of hydrogen-bond donors (Lipinski definition) is 1. The average Bonchev–Trinajstić information content (AvgIpc) is 2.52. The van der Waals surface area contributed by atoms with Crippen molar-refractivity contribution >= 4 is 5.91 Å². The standard InChI is InChI=1S/C16H21F2NO3/c1-22-12-9-13(17)15(14(18)10-12)16(21)19-7-3-2-5-11(19)6-4-8-20/h9-11,20H,2-8H2,1H3/t11-/m0/s1. The van der Waals surface area contributed by atoms with Crippen molar-refractivity contribution in [1.82, 2.24) is 4.90 Å². The number of carbonyl (C=O) groups is 1. The van der Waals surface area contributed by atoms with Crippen LogP contribution < -0.4 is 4.74 Å². The van der Waals surface area contributed by atoms with Crippen LogP contribution in [0.5, 0.6) is 5.75 Å². The highest BCUT2D eigenvalue weighted by molar-refractivity contribution is 5.95. The maximum Gasteiger partial charge on any atom is 0.260 e. The summed E-state index contributed by atoms with van der Waals surface area (Å²) in [6.07, 6.45) is 3.81. The highest BCUT2D eigenvalue weighted by Gasteiger charge is 2.30. The number of rotatable bonds is 5. The number of aliphatic hydroxyl groups excluding tert-OH is 1. The zero-order valence-corrected chi connectivity index (χ0v) is 12.6. The average molecular weight is 313 g/mol. The third kappa shape index (κ3) is 3.55. The van der Waals surface area contributed by atoms with Crippen molar-refractivity contribution in [2.75, 3.05) is 20.3 Å². The van der Waals surface area contributed by atoms with Crippen molar-refractivity contribution < 1.29 is 23.4 Å². The first-order valence-corrected chi connectivity index (χ1v) is 7.53. The molecule has 1 fully saturated rings. The second-order valence-corrected chi connectivity index (χ2v) is 5.48. The van der Waals surface area contributed by atoms with Gasteiger partial charge < -0.3 is 14.7 Å². The van der Waals surface area contributed by atoms with Crippen LogP contribution in [-0.4, -0.2) is 42.2 Å². The van der Waals surface area contributed by atoms with Crippen LogP contribution in [0.1, 0.15) is 42.5 Å². The summed E-state index contributed by atoms with van der Waals surface area (Å²) in [6, 6.07) is 1.96. The Morgan fingerprint density at radius 1 is 1.36 bits per heavy atom. The van der Waals surface area contributed by atoms with Gasteiger partial charge in [-0.1, -0.05) is 0 Å². The molecule has 0 radical (unpaired) electrons. The Kier molecular flexibility index (Phi) is 5.71. The number of benzene rings is 1. The van der Waals surface area contributed by atoms with E-state index in [4.69, 9.17) is 9.84 Å². The minimum atomic E-state index is -0.909. The molecule has 0 unspecified atom stereocenters. The Bertz CT molecular complexity index is 513. The minimum absolute atomic E-state index is 0.0435. The fourth-order valence-electron chi connectivity index (χ4n) is 2.91. The third-order valence-electron chi connectivity index (χ3n) is 4.05. The third-order valence-corrected chi connectivity index (χ3v) is 4.05. The summed E-state index contributed by atoms with van der Waals surface area (Å²) in [5.41, 5.74) is -0.531. The van der Waals surface area contributed by atoms with E-state index in [9.17, 15) is 13.6 Å². The molecule has 1 aliphatic heterocycles. The summed E-state index contributed by atoms with van der Waals surface area (Å²) in [4.78, 5) is 14.1. The molecule has 0 saturated carbocycles. The lowest BCUT2D eigenvalue weighted by atomic mass is 9.97. The SMILES string of the molecule is COc1cc(F)c(C(=O)N2CCCC[C@H]2CCCO)c(F)c1. The van der Waals surface area contributed by atoms with Crippen molar-refractivity contribution in [1.29, 1.82) is 0 Å². The maximum absolute atomic E-state index is 14.1. The van der Waals surface area contributed by atoms with E-state index in [-0.39, 0.29) is 18.4 Å². The number of halogens is 2. The molecule has 4 nitrogen and oxygen atoms in total. The van der Waals surface area contributed by atoms with Gasteiger partial charge in [-0.15, -0.1) is 0 Å². The second-order valence-electron chi connectivity index (χ2n) is 5.48. The van der Waals surface area contributed by atoms with Gasteiger partial charge in [-0.25, -0.2) is 8.78 Å².